The van der Waals surface area contributed by atoms with Crippen LogP contribution < -0.4 is 15.4 Å². The first-order chi connectivity index (χ1) is 9.46. The molecule has 0 aromatic heterocycles. The molecule has 1 aliphatic rings. The largest absolute Gasteiger partial charge is 0.323 e. The highest BCUT2D eigenvalue weighted by Gasteiger charge is 2.21. The van der Waals surface area contributed by atoms with Gasteiger partial charge in [0.2, 0.25) is 15.9 Å². The molecule has 0 spiro atoms. The maximum atomic E-state index is 12.1. The van der Waals surface area contributed by atoms with E-state index in [1.165, 1.54) is 0 Å². The molecular weight excluding hydrogens is 278 g/mol. The summed E-state index contributed by atoms with van der Waals surface area (Å²) < 4.78 is 25.0. The monoisotopic (exact) mass is 297 g/mol. The molecule has 1 heterocycles. The van der Waals surface area contributed by atoms with Gasteiger partial charge in [0.15, 0.2) is 0 Å². The molecule has 1 aliphatic heterocycles. The topological polar surface area (TPSA) is 87.3 Å². The van der Waals surface area contributed by atoms with Crippen LogP contribution in [0.5, 0.6) is 0 Å². The van der Waals surface area contributed by atoms with Gasteiger partial charge < -0.3 is 10.6 Å². The molecule has 0 aliphatic carbocycles. The minimum absolute atomic E-state index is 0.132. The van der Waals surface area contributed by atoms with Crippen molar-refractivity contribution in [3.63, 3.8) is 0 Å². The highest BCUT2D eigenvalue weighted by molar-refractivity contribution is 7.92. The number of piperidine rings is 1. The Labute approximate surface area is 119 Å². The van der Waals surface area contributed by atoms with E-state index < -0.39 is 10.0 Å². The molecule has 1 aromatic carbocycles. The summed E-state index contributed by atoms with van der Waals surface area (Å²) in [5.41, 5.74) is 0.842. The molecule has 0 bridgehead atoms. The zero-order valence-electron chi connectivity index (χ0n) is 11.3. The zero-order chi connectivity index (χ0) is 14.6. The van der Waals surface area contributed by atoms with E-state index in [1.54, 1.807) is 24.3 Å². The van der Waals surface area contributed by atoms with Gasteiger partial charge in [-0.1, -0.05) is 18.6 Å². The van der Waals surface area contributed by atoms with Gasteiger partial charge in [0.25, 0.3) is 0 Å². The van der Waals surface area contributed by atoms with Crippen LogP contribution in [0.15, 0.2) is 24.3 Å². The Morgan fingerprint density at radius 1 is 1.25 bits per heavy atom. The van der Waals surface area contributed by atoms with E-state index >= 15 is 0 Å². The SMILES string of the molecule is CS(=O)(=O)Nc1ccccc1NC(=O)[C@H]1CCCCN1. The van der Waals surface area contributed by atoms with Gasteiger partial charge in [-0.3, -0.25) is 9.52 Å². The number of benzene rings is 1. The maximum absolute atomic E-state index is 12.1. The van der Waals surface area contributed by atoms with Crippen molar-refractivity contribution in [3.8, 4) is 0 Å². The van der Waals surface area contributed by atoms with E-state index in [0.29, 0.717) is 11.4 Å². The predicted molar refractivity (Wildman–Crippen MR) is 79.2 cm³/mol. The predicted octanol–water partition coefficient (Wildman–Crippen LogP) is 1.14. The van der Waals surface area contributed by atoms with Gasteiger partial charge in [-0.2, -0.15) is 0 Å². The lowest BCUT2D eigenvalue weighted by Crippen LogP contribution is -2.43. The summed E-state index contributed by atoms with van der Waals surface area (Å²) in [6.07, 6.45) is 3.98. The summed E-state index contributed by atoms with van der Waals surface area (Å²) in [5, 5.41) is 5.93. The molecule has 1 amide bonds. The molecule has 6 nitrogen and oxygen atoms in total. The maximum Gasteiger partial charge on any atom is 0.241 e. The number of anilines is 2. The van der Waals surface area contributed by atoms with Crippen molar-refractivity contribution in [1.82, 2.24) is 5.32 Å². The number of hydrogen-bond acceptors (Lipinski definition) is 4. The smallest absolute Gasteiger partial charge is 0.241 e. The Morgan fingerprint density at radius 2 is 1.95 bits per heavy atom. The molecule has 0 unspecified atom stereocenters. The Bertz CT molecular complexity index is 580. The number of nitrogens with one attached hydrogen (secondary N) is 3. The number of carbonyl (C=O) groups excluding carboxylic acids is 1. The minimum Gasteiger partial charge on any atom is -0.323 e. The Hall–Kier alpha value is -1.60. The van der Waals surface area contributed by atoms with Crippen molar-refractivity contribution >= 4 is 27.3 Å². The number of amides is 1. The Balaban J connectivity index is 2.10. The molecule has 0 radical (unpaired) electrons. The number of para-hydroxylation sites is 2. The highest BCUT2D eigenvalue weighted by atomic mass is 32.2. The number of rotatable bonds is 4. The van der Waals surface area contributed by atoms with Gasteiger partial charge in [-0.15, -0.1) is 0 Å². The van der Waals surface area contributed by atoms with Crippen LogP contribution >= 0.6 is 0 Å². The molecule has 3 N–H and O–H groups in total. The van der Waals surface area contributed by atoms with Gasteiger partial charge in [-0.05, 0) is 31.5 Å². The summed E-state index contributed by atoms with van der Waals surface area (Å²) in [6.45, 7) is 0.835. The lowest BCUT2D eigenvalue weighted by molar-refractivity contribution is -0.118. The second kappa shape index (κ2) is 6.23. The van der Waals surface area contributed by atoms with Crippen LogP contribution in [-0.4, -0.2) is 33.2 Å². The van der Waals surface area contributed by atoms with Crippen molar-refractivity contribution in [2.75, 3.05) is 22.8 Å². The minimum atomic E-state index is -3.38. The molecule has 1 saturated heterocycles. The summed E-state index contributed by atoms with van der Waals surface area (Å²) in [7, 11) is -3.38. The molecule has 1 atom stereocenters. The lowest BCUT2D eigenvalue weighted by atomic mass is 10.0. The van der Waals surface area contributed by atoms with Gasteiger partial charge in [0.1, 0.15) is 0 Å². The van der Waals surface area contributed by atoms with E-state index in [0.717, 1.165) is 32.1 Å². The summed E-state index contributed by atoms with van der Waals surface area (Å²) in [5.74, 6) is -0.132. The number of carbonyl (C=O) groups is 1. The van der Waals surface area contributed by atoms with E-state index in [4.69, 9.17) is 0 Å². The van der Waals surface area contributed by atoms with Crippen molar-refractivity contribution in [2.24, 2.45) is 0 Å². The number of sulfonamides is 1. The first-order valence-electron chi connectivity index (χ1n) is 6.57. The van der Waals surface area contributed by atoms with E-state index in [2.05, 4.69) is 15.4 Å². The second-order valence-corrected chi connectivity index (χ2v) is 6.66. The normalized spacial score (nSPS) is 19.4. The van der Waals surface area contributed by atoms with Gasteiger partial charge in [0.05, 0.1) is 23.7 Å². The molecule has 20 heavy (non-hydrogen) atoms. The van der Waals surface area contributed by atoms with Crippen LogP contribution in [0.1, 0.15) is 19.3 Å². The number of hydrogen-bond donors (Lipinski definition) is 3. The van der Waals surface area contributed by atoms with E-state index in [9.17, 15) is 13.2 Å². The second-order valence-electron chi connectivity index (χ2n) is 4.91. The Morgan fingerprint density at radius 3 is 2.55 bits per heavy atom. The van der Waals surface area contributed by atoms with Crippen LogP contribution in [0.4, 0.5) is 11.4 Å². The van der Waals surface area contributed by atoms with E-state index in [-0.39, 0.29) is 11.9 Å². The fourth-order valence-electron chi connectivity index (χ4n) is 2.18. The molecule has 1 aromatic rings. The van der Waals surface area contributed by atoms with Crippen molar-refractivity contribution in [3.05, 3.63) is 24.3 Å². The van der Waals surface area contributed by atoms with Crippen molar-refractivity contribution in [2.45, 2.75) is 25.3 Å². The fraction of sp³-hybridized carbons (Fsp3) is 0.462. The third kappa shape index (κ3) is 4.21. The van der Waals surface area contributed by atoms with Gasteiger partial charge in [-0.25, -0.2) is 8.42 Å². The summed E-state index contributed by atoms with van der Waals surface area (Å²) in [4.78, 5) is 12.1. The average Bonchev–Trinajstić information content (AvgIpc) is 2.40. The third-order valence-electron chi connectivity index (χ3n) is 3.11. The summed E-state index contributed by atoms with van der Waals surface area (Å²) >= 11 is 0. The molecule has 110 valence electrons. The fourth-order valence-corrected chi connectivity index (χ4v) is 2.75. The first-order valence-corrected chi connectivity index (χ1v) is 8.46. The molecule has 0 saturated carbocycles. The standard InChI is InChI=1S/C13H19N3O3S/c1-20(18,19)16-11-7-3-2-6-10(11)15-13(17)12-8-4-5-9-14-12/h2-3,6-7,12,14,16H,4-5,8-9H2,1H3,(H,15,17)/t12-/m1/s1. The molecule has 1 fully saturated rings. The van der Waals surface area contributed by atoms with E-state index in [1.807, 2.05) is 0 Å². The van der Waals surface area contributed by atoms with Crippen LogP contribution in [0.25, 0.3) is 0 Å². The van der Waals surface area contributed by atoms with Crippen LogP contribution in [0.3, 0.4) is 0 Å². The van der Waals surface area contributed by atoms with Crippen molar-refractivity contribution in [1.29, 1.82) is 0 Å². The van der Waals surface area contributed by atoms with Gasteiger partial charge in [0, 0.05) is 0 Å². The molecule has 7 heteroatoms. The first kappa shape index (κ1) is 14.8. The zero-order valence-corrected chi connectivity index (χ0v) is 12.2. The third-order valence-corrected chi connectivity index (χ3v) is 3.70. The molecular formula is C13H19N3O3S. The van der Waals surface area contributed by atoms with Crippen LogP contribution in [-0.2, 0) is 14.8 Å². The summed E-state index contributed by atoms with van der Waals surface area (Å²) in [6, 6.07) is 6.54. The Kier molecular flexibility index (Phi) is 4.61. The quantitative estimate of drug-likeness (QED) is 0.777. The average molecular weight is 297 g/mol. The lowest BCUT2D eigenvalue weighted by Gasteiger charge is -2.23. The van der Waals surface area contributed by atoms with Crippen LogP contribution in [0, 0.1) is 0 Å². The van der Waals surface area contributed by atoms with Crippen molar-refractivity contribution < 1.29 is 13.2 Å². The van der Waals surface area contributed by atoms with Gasteiger partial charge >= 0.3 is 0 Å². The highest BCUT2D eigenvalue weighted by Crippen LogP contribution is 2.22. The molecule has 2 rings (SSSR count). The van der Waals surface area contributed by atoms with Crippen LogP contribution in [0.2, 0.25) is 0 Å².